The molecule has 0 saturated carbocycles. The minimum absolute atomic E-state index is 0.0154. The van der Waals surface area contributed by atoms with Crippen molar-refractivity contribution in [2.75, 3.05) is 0 Å². The molecule has 0 fully saturated rings. The lowest BCUT2D eigenvalue weighted by atomic mass is 10.0. The van der Waals surface area contributed by atoms with E-state index in [0.29, 0.717) is 12.0 Å². The van der Waals surface area contributed by atoms with Crippen molar-refractivity contribution in [3.63, 3.8) is 0 Å². The molecule has 1 aromatic carbocycles. The lowest BCUT2D eigenvalue weighted by molar-refractivity contribution is -0.142. The quantitative estimate of drug-likeness (QED) is 0.152. The third-order valence-corrected chi connectivity index (χ3v) is 5.33. The van der Waals surface area contributed by atoms with Crippen LogP contribution in [0.1, 0.15) is 45.6 Å². The SMILES string of the molecule is CC(C)CC(N)C(=O)NC(C(=O)NC(CCC(N)=O)C(=O)NC(Cc1ccccc1)C(=O)O)C(C)O. The lowest BCUT2D eigenvalue weighted by Gasteiger charge is -2.26. The van der Waals surface area contributed by atoms with E-state index in [9.17, 15) is 34.2 Å². The summed E-state index contributed by atoms with van der Waals surface area (Å²) in [5.74, 6) is -4.34. The molecule has 0 aliphatic rings. The fraction of sp³-hybridized carbons (Fsp3) is 0.542. The molecule has 0 bridgehead atoms. The molecule has 12 heteroatoms. The van der Waals surface area contributed by atoms with Gasteiger partial charge in [-0.05, 0) is 31.2 Å². The van der Waals surface area contributed by atoms with Crippen molar-refractivity contribution in [1.82, 2.24) is 16.0 Å². The first kappa shape index (κ1) is 30.5. The second-order valence-corrected chi connectivity index (χ2v) is 9.12. The maximum atomic E-state index is 12.9. The molecular weight excluding hydrogens is 470 g/mol. The Bertz CT molecular complexity index is 907. The van der Waals surface area contributed by atoms with Gasteiger partial charge < -0.3 is 37.6 Å². The highest BCUT2D eigenvalue weighted by Gasteiger charge is 2.32. The maximum Gasteiger partial charge on any atom is 0.326 e. The predicted octanol–water partition coefficient (Wildman–Crippen LogP) is -1.21. The van der Waals surface area contributed by atoms with E-state index in [1.54, 1.807) is 30.3 Å². The van der Waals surface area contributed by atoms with Gasteiger partial charge in [-0.15, -0.1) is 0 Å². The van der Waals surface area contributed by atoms with Gasteiger partial charge in [0.2, 0.25) is 23.6 Å². The molecule has 0 spiro atoms. The molecule has 4 amide bonds. The van der Waals surface area contributed by atoms with Gasteiger partial charge in [0.05, 0.1) is 12.1 Å². The van der Waals surface area contributed by atoms with Gasteiger partial charge >= 0.3 is 5.97 Å². The van der Waals surface area contributed by atoms with Crippen LogP contribution < -0.4 is 27.4 Å². The van der Waals surface area contributed by atoms with Crippen molar-refractivity contribution < 1.29 is 34.2 Å². The Labute approximate surface area is 210 Å². The number of amides is 4. The van der Waals surface area contributed by atoms with Gasteiger partial charge in [0.25, 0.3) is 0 Å². The molecule has 36 heavy (non-hydrogen) atoms. The van der Waals surface area contributed by atoms with Crippen LogP contribution in [0.4, 0.5) is 0 Å². The van der Waals surface area contributed by atoms with Gasteiger partial charge in [0, 0.05) is 12.8 Å². The van der Waals surface area contributed by atoms with Crippen LogP contribution in [-0.4, -0.2) is 70.1 Å². The van der Waals surface area contributed by atoms with Crippen LogP contribution in [0.25, 0.3) is 0 Å². The highest BCUT2D eigenvalue weighted by molar-refractivity contribution is 5.94. The summed E-state index contributed by atoms with van der Waals surface area (Å²) in [5, 5.41) is 26.8. The number of hydrogen-bond donors (Lipinski definition) is 7. The number of aliphatic hydroxyl groups excluding tert-OH is 1. The average molecular weight is 508 g/mol. The summed E-state index contributed by atoms with van der Waals surface area (Å²) in [7, 11) is 0. The first-order valence-corrected chi connectivity index (χ1v) is 11.7. The largest absolute Gasteiger partial charge is 0.480 e. The maximum absolute atomic E-state index is 12.9. The number of rotatable bonds is 15. The summed E-state index contributed by atoms with van der Waals surface area (Å²) in [5.41, 5.74) is 11.7. The number of nitrogens with two attached hydrogens (primary N) is 2. The second kappa shape index (κ2) is 14.8. The van der Waals surface area contributed by atoms with Crippen molar-refractivity contribution in [1.29, 1.82) is 0 Å². The number of hydrogen-bond acceptors (Lipinski definition) is 7. The average Bonchev–Trinajstić information content (AvgIpc) is 2.78. The molecule has 0 saturated heterocycles. The van der Waals surface area contributed by atoms with E-state index in [4.69, 9.17) is 11.5 Å². The molecule has 5 unspecified atom stereocenters. The number of carboxylic acid groups (broad SMARTS) is 1. The lowest BCUT2D eigenvalue weighted by Crippen LogP contribution is -2.60. The normalized spacial score (nSPS) is 15.2. The van der Waals surface area contributed by atoms with Crippen molar-refractivity contribution in [2.45, 2.75) is 76.7 Å². The van der Waals surface area contributed by atoms with Crippen molar-refractivity contribution in [3.8, 4) is 0 Å². The van der Waals surface area contributed by atoms with Gasteiger partial charge in [-0.3, -0.25) is 19.2 Å². The van der Waals surface area contributed by atoms with E-state index in [2.05, 4.69) is 16.0 Å². The zero-order valence-corrected chi connectivity index (χ0v) is 20.8. The summed E-state index contributed by atoms with van der Waals surface area (Å²) in [6, 6.07) is 3.59. The highest BCUT2D eigenvalue weighted by atomic mass is 16.4. The third-order valence-electron chi connectivity index (χ3n) is 5.33. The Hall–Kier alpha value is -3.51. The molecule has 12 nitrogen and oxygen atoms in total. The van der Waals surface area contributed by atoms with Gasteiger partial charge in [0.15, 0.2) is 0 Å². The predicted molar refractivity (Wildman–Crippen MR) is 131 cm³/mol. The molecule has 5 atom stereocenters. The molecule has 1 rings (SSSR count). The number of nitrogens with one attached hydrogen (secondary N) is 3. The summed E-state index contributed by atoms with van der Waals surface area (Å²) < 4.78 is 0. The van der Waals surface area contributed by atoms with E-state index >= 15 is 0 Å². The van der Waals surface area contributed by atoms with E-state index in [1.165, 1.54) is 6.92 Å². The number of aliphatic carboxylic acids is 1. The zero-order chi connectivity index (χ0) is 27.4. The minimum Gasteiger partial charge on any atom is -0.480 e. The number of aliphatic hydroxyl groups is 1. The summed E-state index contributed by atoms with van der Waals surface area (Å²) in [6.45, 7) is 5.02. The summed E-state index contributed by atoms with van der Waals surface area (Å²) in [4.78, 5) is 61.3. The number of carbonyl (C=O) groups excluding carboxylic acids is 4. The molecule has 0 aromatic heterocycles. The molecule has 0 radical (unpaired) electrons. The third kappa shape index (κ3) is 10.8. The van der Waals surface area contributed by atoms with E-state index in [0.717, 1.165) is 0 Å². The van der Waals surface area contributed by atoms with Gasteiger partial charge in [-0.25, -0.2) is 4.79 Å². The Balaban J connectivity index is 3.00. The highest BCUT2D eigenvalue weighted by Crippen LogP contribution is 2.07. The molecule has 200 valence electrons. The van der Waals surface area contributed by atoms with Crippen molar-refractivity contribution in [3.05, 3.63) is 35.9 Å². The fourth-order valence-electron chi connectivity index (χ4n) is 3.42. The zero-order valence-electron chi connectivity index (χ0n) is 20.8. The molecule has 9 N–H and O–H groups in total. The molecule has 0 aliphatic heterocycles. The van der Waals surface area contributed by atoms with Crippen LogP contribution in [0, 0.1) is 5.92 Å². The van der Waals surface area contributed by atoms with Crippen LogP contribution in [-0.2, 0) is 30.4 Å². The Morgan fingerprint density at radius 3 is 1.97 bits per heavy atom. The van der Waals surface area contributed by atoms with Crippen LogP contribution in [0.15, 0.2) is 30.3 Å². The molecule has 0 heterocycles. The molecular formula is C24H37N5O7. The van der Waals surface area contributed by atoms with Crippen molar-refractivity contribution in [2.24, 2.45) is 17.4 Å². The van der Waals surface area contributed by atoms with E-state index < -0.39 is 59.9 Å². The van der Waals surface area contributed by atoms with E-state index in [1.807, 2.05) is 13.8 Å². The minimum atomic E-state index is -1.45. The topological polar surface area (TPSA) is 214 Å². The van der Waals surface area contributed by atoms with E-state index in [-0.39, 0.29) is 25.2 Å². The number of carbonyl (C=O) groups is 5. The first-order chi connectivity index (χ1) is 16.8. The Kier molecular flexibility index (Phi) is 12.5. The van der Waals surface area contributed by atoms with Gasteiger partial charge in [-0.2, -0.15) is 0 Å². The van der Waals surface area contributed by atoms with Crippen LogP contribution in [0.3, 0.4) is 0 Å². The van der Waals surface area contributed by atoms with Crippen LogP contribution in [0.5, 0.6) is 0 Å². The summed E-state index contributed by atoms with van der Waals surface area (Å²) in [6.07, 6.45) is -1.51. The number of carboxylic acids is 1. The van der Waals surface area contributed by atoms with Gasteiger partial charge in [0.1, 0.15) is 18.1 Å². The van der Waals surface area contributed by atoms with Crippen LogP contribution >= 0.6 is 0 Å². The number of benzene rings is 1. The van der Waals surface area contributed by atoms with Gasteiger partial charge in [-0.1, -0.05) is 44.2 Å². The first-order valence-electron chi connectivity index (χ1n) is 11.7. The monoisotopic (exact) mass is 507 g/mol. The second-order valence-electron chi connectivity index (χ2n) is 9.12. The molecule has 0 aliphatic carbocycles. The fourth-order valence-corrected chi connectivity index (χ4v) is 3.42. The smallest absolute Gasteiger partial charge is 0.326 e. The standard InChI is InChI=1S/C24H37N5O7/c1-13(2)11-16(25)21(32)29-20(14(3)30)23(34)27-17(9-10-19(26)31)22(33)28-18(24(35)36)12-15-7-5-4-6-8-15/h4-8,13-14,16-18,20,30H,9-12,25H2,1-3H3,(H2,26,31)(H,27,34)(H,28,33)(H,29,32)(H,35,36). The Morgan fingerprint density at radius 1 is 0.889 bits per heavy atom. The van der Waals surface area contributed by atoms with Crippen molar-refractivity contribution >= 4 is 29.6 Å². The van der Waals surface area contributed by atoms with Crippen LogP contribution in [0.2, 0.25) is 0 Å². The Morgan fingerprint density at radius 2 is 1.47 bits per heavy atom. The summed E-state index contributed by atoms with van der Waals surface area (Å²) >= 11 is 0. The molecule has 1 aromatic rings. The number of primary amides is 1.